The number of aromatic nitrogens is 3. The van der Waals surface area contributed by atoms with Crippen LogP contribution in [0.15, 0.2) is 60.9 Å². The normalized spacial score (nSPS) is 10.8. The second-order valence-corrected chi connectivity index (χ2v) is 6.80. The molecule has 4 rings (SSSR count). The van der Waals surface area contributed by atoms with Crippen LogP contribution in [0.5, 0.6) is 0 Å². The summed E-state index contributed by atoms with van der Waals surface area (Å²) in [5.74, 6) is -1.09. The van der Waals surface area contributed by atoms with Crippen molar-refractivity contribution >= 4 is 23.1 Å². The first-order chi connectivity index (χ1) is 13.9. The lowest BCUT2D eigenvalue weighted by molar-refractivity contribution is 0.0993. The van der Waals surface area contributed by atoms with Crippen molar-refractivity contribution in [1.29, 1.82) is 0 Å². The number of nitrogens with zero attached hydrogens (tertiary/aromatic N) is 3. The molecule has 0 radical (unpaired) electrons. The molecular weight excluding hydrogens is 366 g/mol. The van der Waals surface area contributed by atoms with Gasteiger partial charge in [-0.1, -0.05) is 36.4 Å². The molecule has 0 aliphatic heterocycles. The summed E-state index contributed by atoms with van der Waals surface area (Å²) < 4.78 is 1.65. The first kappa shape index (κ1) is 18.4. The van der Waals surface area contributed by atoms with E-state index in [0.717, 1.165) is 16.7 Å². The Balaban J connectivity index is 1.83. The van der Waals surface area contributed by atoms with E-state index in [4.69, 9.17) is 5.73 Å². The molecule has 0 spiro atoms. The quantitative estimate of drug-likeness (QED) is 0.562. The van der Waals surface area contributed by atoms with Crippen molar-refractivity contribution in [2.75, 3.05) is 5.32 Å². The maximum atomic E-state index is 12.9. The zero-order valence-electron chi connectivity index (χ0n) is 16.0. The summed E-state index contributed by atoms with van der Waals surface area (Å²) in [7, 11) is 0. The van der Waals surface area contributed by atoms with Gasteiger partial charge in [0.25, 0.3) is 11.8 Å². The fraction of sp³-hybridized carbons (Fsp3) is 0.0909. The lowest BCUT2D eigenvalue weighted by Crippen LogP contribution is -2.17. The molecule has 0 unspecified atom stereocenters. The van der Waals surface area contributed by atoms with Crippen LogP contribution in [0.4, 0.5) is 5.69 Å². The third-order valence-corrected chi connectivity index (χ3v) is 4.80. The highest BCUT2D eigenvalue weighted by Crippen LogP contribution is 2.23. The van der Waals surface area contributed by atoms with Gasteiger partial charge in [0.05, 0.1) is 5.69 Å². The van der Waals surface area contributed by atoms with Crippen molar-refractivity contribution in [1.82, 2.24) is 14.4 Å². The number of amides is 2. The molecule has 4 aromatic rings. The number of anilines is 1. The number of hydrogen-bond donors (Lipinski definition) is 2. The molecule has 2 aromatic heterocycles. The number of nitrogens with one attached hydrogen (secondary N) is 1. The predicted molar refractivity (Wildman–Crippen MR) is 111 cm³/mol. The number of benzene rings is 2. The summed E-state index contributed by atoms with van der Waals surface area (Å²) >= 11 is 0. The Morgan fingerprint density at radius 3 is 2.45 bits per heavy atom. The van der Waals surface area contributed by atoms with Crippen LogP contribution in [0.1, 0.15) is 32.1 Å². The molecule has 7 heteroatoms. The van der Waals surface area contributed by atoms with Gasteiger partial charge in [-0.25, -0.2) is 9.97 Å². The van der Waals surface area contributed by atoms with Crippen LogP contribution in [0.3, 0.4) is 0 Å². The lowest BCUT2D eigenvalue weighted by atomic mass is 10.1. The van der Waals surface area contributed by atoms with Gasteiger partial charge in [0.2, 0.25) is 0 Å². The van der Waals surface area contributed by atoms with Crippen LogP contribution >= 0.6 is 0 Å². The number of fused-ring (bicyclic) bond motifs is 1. The first-order valence-corrected chi connectivity index (χ1v) is 9.06. The molecule has 0 saturated heterocycles. The minimum absolute atomic E-state index is 0.0167. The molecule has 0 atom stereocenters. The van der Waals surface area contributed by atoms with E-state index in [2.05, 4.69) is 15.3 Å². The van der Waals surface area contributed by atoms with Crippen LogP contribution in [0, 0.1) is 13.8 Å². The van der Waals surface area contributed by atoms with E-state index in [1.165, 1.54) is 6.33 Å². The Morgan fingerprint density at radius 2 is 1.76 bits per heavy atom. The maximum Gasteiger partial charge on any atom is 0.274 e. The molecule has 2 heterocycles. The van der Waals surface area contributed by atoms with Crippen molar-refractivity contribution in [3.05, 3.63) is 83.4 Å². The molecule has 0 saturated carbocycles. The van der Waals surface area contributed by atoms with E-state index in [9.17, 15) is 9.59 Å². The average molecular weight is 385 g/mol. The van der Waals surface area contributed by atoms with Crippen molar-refractivity contribution < 1.29 is 9.59 Å². The van der Waals surface area contributed by atoms with E-state index in [-0.39, 0.29) is 22.9 Å². The molecule has 0 aliphatic rings. The minimum Gasteiger partial charge on any atom is -0.364 e. The lowest BCUT2D eigenvalue weighted by Gasteiger charge is -2.11. The van der Waals surface area contributed by atoms with E-state index in [1.54, 1.807) is 10.5 Å². The highest BCUT2D eigenvalue weighted by molar-refractivity contribution is 6.04. The highest BCUT2D eigenvalue weighted by atomic mass is 16.2. The van der Waals surface area contributed by atoms with Crippen LogP contribution in [0.25, 0.3) is 16.9 Å². The number of aryl methyl sites for hydroxylation is 2. The van der Waals surface area contributed by atoms with Crippen molar-refractivity contribution in [2.24, 2.45) is 5.73 Å². The fourth-order valence-corrected chi connectivity index (χ4v) is 3.11. The van der Waals surface area contributed by atoms with Crippen LogP contribution in [-0.2, 0) is 0 Å². The van der Waals surface area contributed by atoms with Crippen LogP contribution in [-0.4, -0.2) is 26.2 Å². The molecule has 0 bridgehead atoms. The number of carbonyl (C=O) groups is 2. The predicted octanol–water partition coefficient (Wildman–Crippen LogP) is 3.36. The van der Waals surface area contributed by atoms with Gasteiger partial charge >= 0.3 is 0 Å². The molecule has 0 fully saturated rings. The van der Waals surface area contributed by atoms with Gasteiger partial charge in [-0.05, 0) is 48.7 Å². The van der Waals surface area contributed by atoms with Gasteiger partial charge in [-0.3, -0.25) is 14.0 Å². The third kappa shape index (κ3) is 3.45. The molecular formula is C22H19N5O2. The maximum absolute atomic E-state index is 12.9. The largest absolute Gasteiger partial charge is 0.364 e. The molecule has 2 amide bonds. The standard InChI is InChI=1S/C22H19N5O2/c1-13-8-9-16(10-14(13)2)25-22(29)17-11-18(15-6-4-3-5-7-15)27-12-24-19(20(23)28)21(27)26-17/h3-12H,1-2H3,(H2,23,28)(H,25,29). The topological polar surface area (TPSA) is 102 Å². The molecule has 3 N–H and O–H groups in total. The van der Waals surface area contributed by atoms with Gasteiger partial charge in [0, 0.05) is 5.69 Å². The zero-order valence-corrected chi connectivity index (χ0v) is 16.0. The number of primary amides is 1. The molecule has 7 nitrogen and oxygen atoms in total. The van der Waals surface area contributed by atoms with Crippen molar-refractivity contribution in [3.63, 3.8) is 0 Å². The summed E-state index contributed by atoms with van der Waals surface area (Å²) in [5.41, 5.74) is 10.3. The molecule has 2 aromatic carbocycles. The Morgan fingerprint density at radius 1 is 1.00 bits per heavy atom. The van der Waals surface area contributed by atoms with Crippen molar-refractivity contribution in [2.45, 2.75) is 13.8 Å². The summed E-state index contributed by atoms with van der Waals surface area (Å²) in [6, 6.07) is 16.8. The molecule has 29 heavy (non-hydrogen) atoms. The summed E-state index contributed by atoms with van der Waals surface area (Å²) in [6.07, 6.45) is 1.48. The molecule has 0 aliphatic carbocycles. The average Bonchev–Trinajstić information content (AvgIpc) is 3.15. The summed E-state index contributed by atoms with van der Waals surface area (Å²) in [4.78, 5) is 33.1. The smallest absolute Gasteiger partial charge is 0.274 e. The second-order valence-electron chi connectivity index (χ2n) is 6.80. The van der Waals surface area contributed by atoms with Gasteiger partial charge in [-0.15, -0.1) is 0 Å². The Labute approximate surface area is 167 Å². The Kier molecular flexibility index (Phi) is 4.56. The van der Waals surface area contributed by atoms with Crippen molar-refractivity contribution in [3.8, 4) is 11.3 Å². The zero-order chi connectivity index (χ0) is 20.5. The van der Waals surface area contributed by atoms with Crippen LogP contribution < -0.4 is 11.1 Å². The number of hydrogen-bond acceptors (Lipinski definition) is 4. The number of imidazole rings is 1. The number of rotatable bonds is 4. The summed E-state index contributed by atoms with van der Waals surface area (Å²) in [5, 5.41) is 2.86. The Bertz CT molecular complexity index is 1250. The number of nitrogens with two attached hydrogens (primary N) is 1. The van der Waals surface area contributed by atoms with Gasteiger partial charge in [0.15, 0.2) is 11.3 Å². The SMILES string of the molecule is Cc1ccc(NC(=O)c2cc(-c3ccccc3)n3cnc(C(N)=O)c3n2)cc1C. The van der Waals surface area contributed by atoms with E-state index < -0.39 is 5.91 Å². The van der Waals surface area contributed by atoms with E-state index in [1.807, 2.05) is 62.4 Å². The van der Waals surface area contributed by atoms with Crippen LogP contribution in [0.2, 0.25) is 0 Å². The first-order valence-electron chi connectivity index (χ1n) is 9.06. The van der Waals surface area contributed by atoms with Gasteiger partial charge in [0.1, 0.15) is 12.0 Å². The number of carbonyl (C=O) groups excluding carboxylic acids is 2. The monoisotopic (exact) mass is 385 g/mol. The van der Waals surface area contributed by atoms with Gasteiger partial charge in [-0.2, -0.15) is 0 Å². The summed E-state index contributed by atoms with van der Waals surface area (Å²) in [6.45, 7) is 3.99. The Hall–Kier alpha value is -4.00. The van der Waals surface area contributed by atoms with E-state index in [0.29, 0.717) is 11.4 Å². The highest BCUT2D eigenvalue weighted by Gasteiger charge is 2.19. The fourth-order valence-electron chi connectivity index (χ4n) is 3.11. The van der Waals surface area contributed by atoms with E-state index >= 15 is 0 Å². The van der Waals surface area contributed by atoms with Gasteiger partial charge < -0.3 is 11.1 Å². The minimum atomic E-state index is -0.703. The second kappa shape index (κ2) is 7.20. The third-order valence-electron chi connectivity index (χ3n) is 4.80. The molecule has 144 valence electrons.